The van der Waals surface area contributed by atoms with Crippen LogP contribution >= 0.6 is 11.3 Å². The zero-order valence-corrected chi connectivity index (χ0v) is 25.5. The number of fused-ring (bicyclic) bond motifs is 3. The first-order chi connectivity index (χ1) is 20.5. The van der Waals surface area contributed by atoms with E-state index < -0.39 is 21.6 Å². The van der Waals surface area contributed by atoms with E-state index in [0.717, 1.165) is 60.6 Å². The van der Waals surface area contributed by atoms with Crippen molar-refractivity contribution < 1.29 is 22.3 Å². The number of nitrogens with two attached hydrogens (primary N) is 1. The Morgan fingerprint density at radius 2 is 1.93 bits per heavy atom. The van der Waals surface area contributed by atoms with Crippen LogP contribution in [0.1, 0.15) is 28.1 Å². The number of pyridine rings is 1. The summed E-state index contributed by atoms with van der Waals surface area (Å²) in [4.78, 5) is 26.7. The maximum Gasteiger partial charge on any atom is 0.270 e. The molecule has 2 aromatic carbocycles. The fourth-order valence-electron chi connectivity index (χ4n) is 5.49. The molecule has 0 bridgehead atoms. The molecular formula is C29H30FN7O4S2. The van der Waals surface area contributed by atoms with Crippen molar-refractivity contribution in [2.45, 2.75) is 30.4 Å². The first-order valence-electron chi connectivity index (χ1n) is 13.6. The average molecular weight is 624 g/mol. The number of hydrogen-bond donors (Lipinski definition) is 1. The number of methoxy groups -OCH3 is 1. The Morgan fingerprint density at radius 3 is 2.65 bits per heavy atom. The normalized spacial score (nSPS) is 14.6. The topological polar surface area (TPSA) is 137 Å². The molecule has 11 nitrogen and oxygen atoms in total. The van der Waals surface area contributed by atoms with E-state index in [1.165, 1.54) is 28.5 Å². The van der Waals surface area contributed by atoms with Gasteiger partial charge in [0.15, 0.2) is 15.0 Å². The second kappa shape index (κ2) is 11.2. The average Bonchev–Trinajstić information content (AvgIpc) is 3.63. The number of benzene rings is 2. The number of carbonyl (C=O) groups is 1. The lowest BCUT2D eigenvalue weighted by molar-refractivity contribution is 0.0819. The number of piperidine rings is 1. The summed E-state index contributed by atoms with van der Waals surface area (Å²) < 4.78 is 47.3. The summed E-state index contributed by atoms with van der Waals surface area (Å²) >= 11 is 1.22. The SMILES string of the molecule is COC1CCN(c2ncc(C(=O)N(Cc3ccc4c(c3)nc(N)c3cnn(C)c34)c3cc(F)ccc3S(C)(=O)=O)s2)CC1. The van der Waals surface area contributed by atoms with Gasteiger partial charge in [-0.05, 0) is 42.7 Å². The van der Waals surface area contributed by atoms with Gasteiger partial charge in [0.1, 0.15) is 16.5 Å². The van der Waals surface area contributed by atoms with Crippen LogP contribution in [0.25, 0.3) is 21.8 Å². The van der Waals surface area contributed by atoms with Gasteiger partial charge in [-0.15, -0.1) is 0 Å². The van der Waals surface area contributed by atoms with Gasteiger partial charge in [0, 0.05) is 38.9 Å². The number of carbonyl (C=O) groups excluding carboxylic acids is 1. The van der Waals surface area contributed by atoms with Gasteiger partial charge in [-0.3, -0.25) is 9.48 Å². The number of amides is 1. The van der Waals surface area contributed by atoms with Crippen LogP contribution in [-0.4, -0.2) is 66.6 Å². The van der Waals surface area contributed by atoms with Gasteiger partial charge in [0.2, 0.25) is 0 Å². The minimum Gasteiger partial charge on any atom is -0.383 e. The highest BCUT2D eigenvalue weighted by Crippen LogP contribution is 2.34. The number of anilines is 3. The van der Waals surface area contributed by atoms with E-state index in [0.29, 0.717) is 26.9 Å². The minimum atomic E-state index is -3.82. The number of thiazole rings is 1. The number of sulfone groups is 1. The van der Waals surface area contributed by atoms with Gasteiger partial charge in [0.25, 0.3) is 5.91 Å². The van der Waals surface area contributed by atoms with E-state index in [1.807, 2.05) is 19.2 Å². The lowest BCUT2D eigenvalue weighted by Crippen LogP contribution is -2.36. The number of nitrogen functional groups attached to an aromatic ring is 1. The molecule has 1 saturated heterocycles. The van der Waals surface area contributed by atoms with Gasteiger partial charge >= 0.3 is 0 Å². The van der Waals surface area contributed by atoms with Crippen LogP contribution in [0.15, 0.2) is 53.7 Å². The Morgan fingerprint density at radius 1 is 1.16 bits per heavy atom. The molecule has 0 spiro atoms. The van der Waals surface area contributed by atoms with E-state index in [-0.39, 0.29) is 23.2 Å². The Hall–Kier alpha value is -4.14. The van der Waals surface area contributed by atoms with Gasteiger partial charge < -0.3 is 20.3 Å². The molecule has 4 heterocycles. The third kappa shape index (κ3) is 5.53. The zero-order chi connectivity index (χ0) is 30.5. The van der Waals surface area contributed by atoms with Crippen molar-refractivity contribution in [2.75, 3.05) is 42.0 Å². The second-order valence-corrected chi connectivity index (χ2v) is 13.6. The molecule has 0 unspecified atom stereocenters. The highest BCUT2D eigenvalue weighted by Gasteiger charge is 2.28. The first-order valence-corrected chi connectivity index (χ1v) is 16.3. The molecule has 2 N–H and O–H groups in total. The number of ether oxygens (including phenoxy) is 1. The highest BCUT2D eigenvalue weighted by atomic mass is 32.2. The van der Waals surface area contributed by atoms with Crippen molar-refractivity contribution in [1.29, 1.82) is 0 Å². The molecule has 3 aromatic heterocycles. The Kier molecular flexibility index (Phi) is 7.52. The number of rotatable bonds is 7. The number of aryl methyl sites for hydroxylation is 1. The van der Waals surface area contributed by atoms with Crippen molar-refractivity contribution in [3.8, 4) is 0 Å². The van der Waals surface area contributed by atoms with Crippen molar-refractivity contribution in [3.63, 3.8) is 0 Å². The standard InChI is InChI=1S/C29H30FN7O4S2/c1-35-26-20-6-4-17(12-22(20)34-27(31)21(26)14-33-35)16-37(23-13-18(30)5-7-25(23)43(3,39)40)28(38)24-15-32-29(42-24)36-10-8-19(41-2)9-11-36/h4-7,12-15,19H,8-11,16H2,1-3H3,(H2,31,34). The molecule has 0 radical (unpaired) electrons. The highest BCUT2D eigenvalue weighted by molar-refractivity contribution is 7.90. The molecule has 224 valence electrons. The number of halogens is 1. The Labute approximate surface area is 251 Å². The second-order valence-electron chi connectivity index (χ2n) is 10.6. The molecule has 14 heteroatoms. The summed E-state index contributed by atoms with van der Waals surface area (Å²) in [5.41, 5.74) is 8.20. The van der Waals surface area contributed by atoms with E-state index in [9.17, 15) is 17.6 Å². The Balaban J connectivity index is 1.41. The maximum atomic E-state index is 14.6. The van der Waals surface area contributed by atoms with Gasteiger partial charge in [-0.25, -0.2) is 22.8 Å². The third-order valence-corrected chi connectivity index (χ3v) is 9.91. The van der Waals surface area contributed by atoms with Gasteiger partial charge in [-0.2, -0.15) is 5.10 Å². The summed E-state index contributed by atoms with van der Waals surface area (Å²) in [5, 5.41) is 6.53. The molecule has 1 aliphatic heterocycles. The molecular weight excluding hydrogens is 593 g/mol. The molecule has 0 saturated carbocycles. The molecule has 0 atom stereocenters. The predicted octanol–water partition coefficient (Wildman–Crippen LogP) is 4.17. The molecule has 5 aromatic rings. The smallest absolute Gasteiger partial charge is 0.270 e. The zero-order valence-electron chi connectivity index (χ0n) is 23.8. The third-order valence-electron chi connectivity index (χ3n) is 7.72. The van der Waals surface area contributed by atoms with Gasteiger partial charge in [-0.1, -0.05) is 23.5 Å². The maximum absolute atomic E-state index is 14.6. The van der Waals surface area contributed by atoms with E-state index in [4.69, 9.17) is 10.5 Å². The predicted molar refractivity (Wildman–Crippen MR) is 165 cm³/mol. The summed E-state index contributed by atoms with van der Waals surface area (Å²) in [7, 11) is -0.302. The van der Waals surface area contributed by atoms with Crippen LogP contribution in [0.3, 0.4) is 0 Å². The number of hydrogen-bond acceptors (Lipinski definition) is 10. The summed E-state index contributed by atoms with van der Waals surface area (Å²) in [6.45, 7) is 1.42. The molecule has 1 aliphatic rings. The van der Waals surface area contributed by atoms with Crippen molar-refractivity contribution in [3.05, 3.63) is 65.0 Å². The van der Waals surface area contributed by atoms with E-state index >= 15 is 0 Å². The summed E-state index contributed by atoms with van der Waals surface area (Å²) in [5.74, 6) is -0.852. The Bertz CT molecular complexity index is 1970. The number of nitrogens with zero attached hydrogens (tertiary/aromatic N) is 6. The van der Waals surface area contributed by atoms with Crippen molar-refractivity contribution in [2.24, 2.45) is 7.05 Å². The summed E-state index contributed by atoms with van der Waals surface area (Å²) in [6.07, 6.45) is 6.05. The lowest BCUT2D eigenvalue weighted by Gasteiger charge is -2.30. The quantitative estimate of drug-likeness (QED) is 0.265. The molecule has 0 aliphatic carbocycles. The largest absolute Gasteiger partial charge is 0.383 e. The summed E-state index contributed by atoms with van der Waals surface area (Å²) in [6, 6.07) is 8.79. The van der Waals surface area contributed by atoms with Crippen molar-refractivity contribution >= 4 is 65.5 Å². The molecule has 1 fully saturated rings. The number of aromatic nitrogens is 4. The monoisotopic (exact) mass is 623 g/mol. The van der Waals surface area contributed by atoms with Crippen LogP contribution in [-0.2, 0) is 28.2 Å². The molecule has 43 heavy (non-hydrogen) atoms. The van der Waals surface area contributed by atoms with E-state index in [1.54, 1.807) is 24.1 Å². The molecule has 6 rings (SSSR count). The van der Waals surface area contributed by atoms with Crippen LogP contribution in [0.4, 0.5) is 21.0 Å². The lowest BCUT2D eigenvalue weighted by atomic mass is 10.1. The van der Waals surface area contributed by atoms with Gasteiger partial charge in [0.05, 0.1) is 52.0 Å². The molecule has 1 amide bonds. The minimum absolute atomic E-state index is 0.0573. The van der Waals surface area contributed by atoms with Crippen molar-refractivity contribution in [1.82, 2.24) is 19.7 Å². The first kappa shape index (κ1) is 29.0. The van der Waals surface area contributed by atoms with E-state index in [2.05, 4.69) is 20.0 Å². The van der Waals surface area contributed by atoms with Crippen LogP contribution in [0.5, 0.6) is 0 Å². The van der Waals surface area contributed by atoms with Crippen LogP contribution in [0.2, 0.25) is 0 Å². The fourth-order valence-corrected chi connectivity index (χ4v) is 7.27. The van der Waals surface area contributed by atoms with Crippen LogP contribution < -0.4 is 15.5 Å². The fraction of sp³-hybridized carbons (Fsp3) is 0.310. The van der Waals surface area contributed by atoms with Crippen LogP contribution in [0, 0.1) is 5.82 Å².